The van der Waals surface area contributed by atoms with Crippen LogP contribution in [-0.2, 0) is 0 Å². The van der Waals surface area contributed by atoms with E-state index in [-0.39, 0.29) is 58.2 Å². The van der Waals surface area contributed by atoms with E-state index in [1.807, 2.05) is 0 Å². The van der Waals surface area contributed by atoms with Crippen LogP contribution in [0.25, 0.3) is 21.9 Å². The summed E-state index contributed by atoms with van der Waals surface area (Å²) >= 11 is 0. The van der Waals surface area contributed by atoms with Gasteiger partial charge in [0.1, 0.15) is 11.2 Å². The third kappa shape index (κ3) is 0.896. The molecule has 0 N–H and O–H groups in total. The number of hydrogen-bond donors (Lipinski definition) is 0. The van der Waals surface area contributed by atoms with E-state index >= 15 is 0 Å². The topological polar surface area (TPSA) is 13.1 Å². The fourth-order valence-corrected chi connectivity index (χ4v) is 1.49. The first kappa shape index (κ1) is 3.77. The van der Waals surface area contributed by atoms with Crippen molar-refractivity contribution in [3.63, 3.8) is 0 Å². The van der Waals surface area contributed by atoms with Crippen molar-refractivity contribution in [1.82, 2.24) is 0 Å². The summed E-state index contributed by atoms with van der Waals surface area (Å²) in [6.07, 6.45) is 0. The summed E-state index contributed by atoms with van der Waals surface area (Å²) in [5, 5.41) is 0.449. The van der Waals surface area contributed by atoms with E-state index in [0.29, 0.717) is 5.56 Å². The Bertz CT molecular complexity index is 880. The summed E-state index contributed by atoms with van der Waals surface area (Å²) in [5.41, 5.74) is 0.781. The Morgan fingerprint density at radius 2 is 1.93 bits per heavy atom. The Hall–Kier alpha value is -1.76. The monoisotopic (exact) mass is 188 g/mol. The number of fused-ring (bicyclic) bond motifs is 3. The maximum absolute atomic E-state index is 7.99. The Morgan fingerprint density at radius 3 is 2.86 bits per heavy atom. The highest BCUT2D eigenvalue weighted by molar-refractivity contribution is 6.05. The number of furan rings is 1. The van der Waals surface area contributed by atoms with Crippen LogP contribution in [0.2, 0.25) is 0 Å². The Balaban J connectivity index is 2.72. The molecular weight excluding hydrogens is 172 g/mol. The molecule has 1 heterocycles. The average molecular weight is 188 g/mol. The van der Waals surface area contributed by atoms with E-state index in [0.717, 1.165) is 0 Å². The molecule has 3 rings (SSSR count). The van der Waals surface area contributed by atoms with Crippen LogP contribution in [0.3, 0.4) is 0 Å². The van der Waals surface area contributed by atoms with Gasteiger partial charge in [0, 0.05) is 10.8 Å². The lowest BCUT2D eigenvalue weighted by molar-refractivity contribution is 0.666. The fraction of sp³-hybridized carbons (Fsp3) is 0.0769. The lowest BCUT2D eigenvalue weighted by atomic mass is 10.1. The van der Waals surface area contributed by atoms with Crippen molar-refractivity contribution in [1.29, 1.82) is 0 Å². The van der Waals surface area contributed by atoms with Crippen LogP contribution in [0.1, 0.15) is 13.8 Å². The van der Waals surface area contributed by atoms with Gasteiger partial charge in [-0.1, -0.05) is 36.3 Å². The number of benzene rings is 2. The van der Waals surface area contributed by atoms with Crippen molar-refractivity contribution in [3.8, 4) is 0 Å². The van der Waals surface area contributed by atoms with Crippen molar-refractivity contribution in [3.05, 3.63) is 47.9 Å². The molecule has 0 amide bonds. The molecule has 0 saturated carbocycles. The molecule has 1 aromatic heterocycles. The van der Waals surface area contributed by atoms with Crippen molar-refractivity contribution < 1.29 is 12.6 Å². The molecule has 0 unspecified atom stereocenters. The van der Waals surface area contributed by atoms with E-state index in [9.17, 15) is 0 Å². The minimum absolute atomic E-state index is 0.0333. The highest BCUT2D eigenvalue weighted by Gasteiger charge is 2.06. The van der Waals surface area contributed by atoms with Gasteiger partial charge < -0.3 is 4.42 Å². The number of hydrogen-bond acceptors (Lipinski definition) is 1. The van der Waals surface area contributed by atoms with Crippen LogP contribution >= 0.6 is 0 Å². The molecule has 0 bridgehead atoms. The Labute approximate surface area is 90.4 Å². The second kappa shape index (κ2) is 2.61. The third-order valence-electron chi connectivity index (χ3n) is 2.16. The van der Waals surface area contributed by atoms with E-state index in [1.165, 1.54) is 6.07 Å². The SMILES string of the molecule is [2H]c1cc([2H])c2oc3c(C)c([2H])c([2H])c([2H])c3c2c1[2H]. The van der Waals surface area contributed by atoms with Crippen molar-refractivity contribution in [2.24, 2.45) is 0 Å². The van der Waals surface area contributed by atoms with Crippen molar-refractivity contribution in [2.75, 3.05) is 0 Å². The summed E-state index contributed by atoms with van der Waals surface area (Å²) in [4.78, 5) is 0. The van der Waals surface area contributed by atoms with Crippen LogP contribution in [0.4, 0.5) is 0 Å². The van der Waals surface area contributed by atoms with Crippen molar-refractivity contribution >= 4 is 21.9 Å². The largest absolute Gasteiger partial charge is 0.456 e. The first-order valence-corrected chi connectivity index (χ1v) is 4.24. The third-order valence-corrected chi connectivity index (χ3v) is 2.16. The van der Waals surface area contributed by atoms with Crippen LogP contribution < -0.4 is 0 Å². The summed E-state index contributed by atoms with van der Waals surface area (Å²) in [5.74, 6) is 0. The van der Waals surface area contributed by atoms with E-state index in [2.05, 4.69) is 0 Å². The zero-order valence-electron chi connectivity index (χ0n) is 13.5. The molecule has 2 aromatic carbocycles. The first-order chi connectivity index (χ1) is 9.34. The van der Waals surface area contributed by atoms with E-state index in [1.54, 1.807) is 6.92 Å². The zero-order valence-corrected chi connectivity index (χ0v) is 7.49. The number of para-hydroxylation sites is 2. The normalized spacial score (nSPS) is 17.2. The summed E-state index contributed by atoms with van der Waals surface area (Å²) in [6, 6.07) is 0.407. The van der Waals surface area contributed by atoms with E-state index < -0.39 is 0 Å². The summed E-state index contributed by atoms with van der Waals surface area (Å²) in [6.45, 7) is 1.61. The molecule has 3 aromatic rings. The van der Waals surface area contributed by atoms with Gasteiger partial charge in [-0.3, -0.25) is 0 Å². The lowest BCUT2D eigenvalue weighted by Gasteiger charge is -1.91. The van der Waals surface area contributed by atoms with Crippen LogP contribution in [0.5, 0.6) is 0 Å². The van der Waals surface area contributed by atoms with Gasteiger partial charge in [0.2, 0.25) is 0 Å². The molecule has 1 heteroatoms. The molecule has 14 heavy (non-hydrogen) atoms. The molecule has 1 nitrogen and oxygen atoms in total. The molecule has 0 radical (unpaired) electrons. The molecule has 0 aliphatic rings. The van der Waals surface area contributed by atoms with Crippen LogP contribution in [0, 0.1) is 6.92 Å². The highest BCUT2D eigenvalue weighted by Crippen LogP contribution is 2.29. The summed E-state index contributed by atoms with van der Waals surface area (Å²) < 4.78 is 52.6. The number of aryl methyl sites for hydroxylation is 1. The molecule has 0 aliphatic carbocycles. The maximum atomic E-state index is 7.99. The quantitative estimate of drug-likeness (QED) is 0.521. The summed E-state index contributed by atoms with van der Waals surface area (Å²) in [7, 11) is 0. The molecule has 68 valence electrons. The maximum Gasteiger partial charge on any atom is 0.138 e. The number of rotatable bonds is 0. The molecule has 0 atom stereocenters. The molecule has 0 fully saturated rings. The predicted octanol–water partition coefficient (Wildman–Crippen LogP) is 3.89. The average Bonchev–Trinajstić information content (AvgIpc) is 2.81. The van der Waals surface area contributed by atoms with Crippen LogP contribution in [-0.4, -0.2) is 0 Å². The van der Waals surface area contributed by atoms with Gasteiger partial charge >= 0.3 is 0 Å². The molecule has 0 saturated heterocycles. The molecule has 0 spiro atoms. The van der Waals surface area contributed by atoms with Gasteiger partial charge in [-0.25, -0.2) is 0 Å². The van der Waals surface area contributed by atoms with Gasteiger partial charge in [0.05, 0.1) is 8.22 Å². The lowest BCUT2D eigenvalue weighted by Crippen LogP contribution is -1.70. The second-order valence-electron chi connectivity index (χ2n) is 3.07. The molecular formula is C13H10O. The van der Waals surface area contributed by atoms with Gasteiger partial charge in [-0.2, -0.15) is 0 Å². The van der Waals surface area contributed by atoms with Gasteiger partial charge in [0.15, 0.2) is 0 Å². The molecule has 0 aliphatic heterocycles. The Morgan fingerprint density at radius 1 is 1.07 bits per heavy atom. The Kier molecular flexibility index (Phi) is 0.704. The van der Waals surface area contributed by atoms with Gasteiger partial charge in [-0.05, 0) is 18.5 Å². The first-order valence-electron chi connectivity index (χ1n) is 7.24. The van der Waals surface area contributed by atoms with E-state index in [4.69, 9.17) is 12.6 Å². The van der Waals surface area contributed by atoms with Crippen molar-refractivity contribution in [2.45, 2.75) is 6.92 Å². The zero-order chi connectivity index (χ0) is 14.8. The minimum Gasteiger partial charge on any atom is -0.456 e. The smallest absolute Gasteiger partial charge is 0.138 e. The van der Waals surface area contributed by atoms with Crippen LogP contribution in [0.15, 0.2) is 46.7 Å². The highest BCUT2D eigenvalue weighted by atomic mass is 16.3. The fourth-order valence-electron chi connectivity index (χ4n) is 1.49. The second-order valence-corrected chi connectivity index (χ2v) is 3.07. The van der Waals surface area contributed by atoms with Gasteiger partial charge in [-0.15, -0.1) is 0 Å². The standard InChI is InChI=1S/C13H10O/c1-9-5-4-7-11-10-6-2-3-8-12(10)14-13(9)11/h2-8H,1H3/i2D,4D,5D,6D,7D,8D. The predicted molar refractivity (Wildman–Crippen MR) is 58.5 cm³/mol. The van der Waals surface area contributed by atoms with Gasteiger partial charge in [0.25, 0.3) is 0 Å². The minimum atomic E-state index is -0.237.